The van der Waals surface area contributed by atoms with Crippen LogP contribution in [0.25, 0.3) is 28.1 Å². The van der Waals surface area contributed by atoms with Crippen molar-refractivity contribution >= 4 is 28.6 Å². The Kier molecular flexibility index (Phi) is 7.76. The van der Waals surface area contributed by atoms with Crippen LogP contribution in [0.3, 0.4) is 0 Å². The predicted molar refractivity (Wildman–Crippen MR) is 166 cm³/mol. The van der Waals surface area contributed by atoms with Crippen LogP contribution in [-0.4, -0.2) is 79.5 Å². The van der Waals surface area contributed by atoms with Gasteiger partial charge in [0.05, 0.1) is 18.5 Å². The van der Waals surface area contributed by atoms with E-state index >= 15 is 0 Å². The zero-order valence-corrected chi connectivity index (χ0v) is 25.5. The van der Waals surface area contributed by atoms with Gasteiger partial charge in [0.1, 0.15) is 17.0 Å². The molecular formula is C32H42N8O3. The van der Waals surface area contributed by atoms with Gasteiger partial charge in [0.15, 0.2) is 5.88 Å². The number of amides is 3. The maximum Gasteiger partial charge on any atom is 0.314 e. The summed E-state index contributed by atoms with van der Waals surface area (Å²) >= 11 is 0. The number of rotatable bonds is 10. The molecule has 4 aromatic heterocycles. The number of aryl methyl sites for hydroxylation is 3. The lowest BCUT2D eigenvalue weighted by Crippen LogP contribution is -2.40. The van der Waals surface area contributed by atoms with E-state index in [0.717, 1.165) is 85.3 Å². The smallest absolute Gasteiger partial charge is 0.314 e. The van der Waals surface area contributed by atoms with E-state index in [2.05, 4.69) is 29.7 Å². The van der Waals surface area contributed by atoms with Crippen LogP contribution in [0.15, 0.2) is 30.3 Å². The van der Waals surface area contributed by atoms with Crippen molar-refractivity contribution in [3.63, 3.8) is 0 Å². The second-order valence-corrected chi connectivity index (χ2v) is 12.0. The van der Waals surface area contributed by atoms with E-state index < -0.39 is 6.03 Å². The summed E-state index contributed by atoms with van der Waals surface area (Å²) in [5.41, 5.74) is 17.7. The van der Waals surface area contributed by atoms with Crippen molar-refractivity contribution in [1.29, 1.82) is 0 Å². The maximum atomic E-state index is 13.7. The van der Waals surface area contributed by atoms with Crippen molar-refractivity contribution < 1.29 is 14.3 Å². The SMILES string of the molecule is CCc1ccc2cc(-c3nc4cc(C(=O)N5[C@H]6CC[C@@H]5[C@H](N)C6)cc(OC)n4c3C)n(CCCCCN(C)C(N)=O)c2n1. The van der Waals surface area contributed by atoms with Gasteiger partial charge in [-0.05, 0) is 76.1 Å². The largest absolute Gasteiger partial charge is 0.482 e. The first kappa shape index (κ1) is 29.0. The molecule has 2 saturated heterocycles. The van der Waals surface area contributed by atoms with E-state index in [1.165, 1.54) is 0 Å². The van der Waals surface area contributed by atoms with Gasteiger partial charge in [-0.2, -0.15) is 0 Å². The molecule has 11 nitrogen and oxygen atoms in total. The first-order valence-corrected chi connectivity index (χ1v) is 15.4. The average molecular weight is 587 g/mol. The molecule has 2 aliphatic rings. The molecule has 3 amide bonds. The summed E-state index contributed by atoms with van der Waals surface area (Å²) in [7, 11) is 3.35. The van der Waals surface area contributed by atoms with Gasteiger partial charge in [-0.15, -0.1) is 0 Å². The van der Waals surface area contributed by atoms with E-state index in [-0.39, 0.29) is 24.0 Å². The van der Waals surface area contributed by atoms with Crippen molar-refractivity contribution in [2.45, 2.75) is 83.5 Å². The number of pyridine rings is 2. The van der Waals surface area contributed by atoms with Crippen LogP contribution >= 0.6 is 0 Å². The molecule has 2 bridgehead atoms. The summed E-state index contributed by atoms with van der Waals surface area (Å²) in [5, 5.41) is 1.06. The summed E-state index contributed by atoms with van der Waals surface area (Å²) in [6.45, 7) is 5.53. The van der Waals surface area contributed by atoms with Crippen LogP contribution in [0.5, 0.6) is 5.88 Å². The molecule has 43 heavy (non-hydrogen) atoms. The highest BCUT2D eigenvalue weighted by Crippen LogP contribution is 2.39. The van der Waals surface area contributed by atoms with Crippen molar-refractivity contribution in [2.24, 2.45) is 11.5 Å². The Morgan fingerprint density at radius 3 is 2.60 bits per heavy atom. The number of carbonyl (C=O) groups excluding carboxylic acids is 2. The molecule has 4 aromatic rings. The number of urea groups is 1. The highest BCUT2D eigenvalue weighted by molar-refractivity contribution is 5.96. The van der Waals surface area contributed by atoms with Crippen molar-refractivity contribution in [3.05, 3.63) is 47.3 Å². The summed E-state index contributed by atoms with van der Waals surface area (Å²) in [6.07, 6.45) is 6.40. The number of hydrogen-bond donors (Lipinski definition) is 2. The Balaban J connectivity index is 1.37. The number of ether oxygens (including phenoxy) is 1. The Morgan fingerprint density at radius 2 is 1.93 bits per heavy atom. The zero-order valence-electron chi connectivity index (χ0n) is 25.5. The molecule has 3 atom stereocenters. The molecule has 2 aliphatic heterocycles. The van der Waals surface area contributed by atoms with Crippen LogP contribution in [0.4, 0.5) is 4.79 Å². The van der Waals surface area contributed by atoms with Crippen LogP contribution < -0.4 is 16.2 Å². The Morgan fingerprint density at radius 1 is 1.12 bits per heavy atom. The number of carbonyl (C=O) groups is 2. The van der Waals surface area contributed by atoms with Gasteiger partial charge >= 0.3 is 6.03 Å². The molecule has 0 aliphatic carbocycles. The molecule has 6 rings (SSSR count). The third kappa shape index (κ3) is 5.09. The molecule has 4 N–H and O–H groups in total. The van der Waals surface area contributed by atoms with Gasteiger partial charge in [-0.1, -0.05) is 6.92 Å². The summed E-state index contributed by atoms with van der Waals surface area (Å²) in [5.74, 6) is 0.566. The summed E-state index contributed by atoms with van der Waals surface area (Å²) in [4.78, 5) is 38.7. The third-order valence-electron chi connectivity index (χ3n) is 9.35. The van der Waals surface area contributed by atoms with E-state index in [9.17, 15) is 9.59 Å². The minimum Gasteiger partial charge on any atom is -0.482 e. The number of aromatic nitrogens is 4. The second-order valence-electron chi connectivity index (χ2n) is 12.0. The molecule has 2 fully saturated rings. The lowest BCUT2D eigenvalue weighted by atomic mass is 9.97. The molecule has 0 radical (unpaired) electrons. The molecule has 0 spiro atoms. The highest BCUT2D eigenvalue weighted by atomic mass is 16.5. The van der Waals surface area contributed by atoms with Gasteiger partial charge in [-0.25, -0.2) is 14.8 Å². The van der Waals surface area contributed by atoms with Gasteiger partial charge in [0.2, 0.25) is 0 Å². The van der Waals surface area contributed by atoms with Crippen LogP contribution in [0, 0.1) is 6.92 Å². The topological polar surface area (TPSA) is 137 Å². The third-order valence-corrected chi connectivity index (χ3v) is 9.35. The summed E-state index contributed by atoms with van der Waals surface area (Å²) in [6, 6.07) is 9.99. The van der Waals surface area contributed by atoms with Crippen molar-refractivity contribution in [3.8, 4) is 17.3 Å². The Bertz CT molecular complexity index is 1690. The predicted octanol–water partition coefficient (Wildman–Crippen LogP) is 4.12. The van der Waals surface area contributed by atoms with Gasteiger partial charge < -0.3 is 30.6 Å². The number of fused-ring (bicyclic) bond motifs is 4. The lowest BCUT2D eigenvalue weighted by molar-refractivity contribution is 0.0726. The first-order valence-electron chi connectivity index (χ1n) is 15.4. The normalized spacial score (nSPS) is 19.6. The molecule has 0 aromatic carbocycles. The van der Waals surface area contributed by atoms with Crippen molar-refractivity contribution in [1.82, 2.24) is 28.7 Å². The molecule has 228 valence electrons. The van der Waals surface area contributed by atoms with Gasteiger partial charge in [0.25, 0.3) is 5.91 Å². The number of methoxy groups -OCH3 is 1. The quantitative estimate of drug-likeness (QED) is 0.268. The fourth-order valence-electron chi connectivity index (χ4n) is 6.99. The fraction of sp³-hybridized carbons (Fsp3) is 0.500. The fourth-order valence-corrected chi connectivity index (χ4v) is 6.99. The summed E-state index contributed by atoms with van der Waals surface area (Å²) < 4.78 is 10.0. The number of nitrogens with zero attached hydrogens (tertiary/aromatic N) is 6. The van der Waals surface area contributed by atoms with Crippen LogP contribution in [-0.2, 0) is 13.0 Å². The first-order chi connectivity index (χ1) is 20.7. The monoisotopic (exact) mass is 586 g/mol. The highest BCUT2D eigenvalue weighted by Gasteiger charge is 2.47. The average Bonchev–Trinajstić information content (AvgIpc) is 3.75. The second kappa shape index (κ2) is 11.5. The van der Waals surface area contributed by atoms with E-state index in [1.54, 1.807) is 19.1 Å². The Labute approximate surface area is 251 Å². The van der Waals surface area contributed by atoms with Crippen molar-refractivity contribution in [2.75, 3.05) is 20.7 Å². The molecular weight excluding hydrogens is 544 g/mol. The maximum absolute atomic E-state index is 13.7. The molecule has 6 heterocycles. The number of hydrogen-bond acceptors (Lipinski definition) is 6. The Hall–Kier alpha value is -4.12. The van der Waals surface area contributed by atoms with Gasteiger partial charge in [-0.3, -0.25) is 9.20 Å². The zero-order chi connectivity index (χ0) is 30.4. The minimum atomic E-state index is -0.408. The molecule has 0 unspecified atom stereocenters. The van der Waals surface area contributed by atoms with E-state index in [4.69, 9.17) is 26.2 Å². The van der Waals surface area contributed by atoms with Crippen LogP contribution in [0.1, 0.15) is 67.2 Å². The van der Waals surface area contributed by atoms with Gasteiger partial charge in [0, 0.05) is 61.0 Å². The van der Waals surface area contributed by atoms with E-state index in [0.29, 0.717) is 23.6 Å². The number of nitrogens with two attached hydrogens (primary N) is 2. The number of primary amides is 1. The van der Waals surface area contributed by atoms with Crippen LogP contribution in [0.2, 0.25) is 0 Å². The molecule has 11 heteroatoms. The standard InChI is InChI=1S/C32H42N8O3/c1-5-22-10-9-20-15-26(38(30(20)35-22)14-8-6-7-13-37(3)32(34)42)29-19(2)39-27(36-29)16-21(17-28(39)43-4)31(41)40-23-11-12-25(40)24(33)18-23/h9-10,15-17,23-25H,5-8,11-14,18,33H2,1-4H3,(H2,34,42)/t23-,24+,25+/m0/s1. The van der Waals surface area contributed by atoms with E-state index in [1.807, 2.05) is 28.4 Å². The molecule has 0 saturated carbocycles. The number of imidazole rings is 1. The number of unbranched alkanes of at least 4 members (excludes halogenated alkanes) is 2. The lowest BCUT2D eigenvalue weighted by Gasteiger charge is -2.23. The minimum absolute atomic E-state index is 0.00385.